The number of aliphatic hydroxyl groups is 2. The van der Waals surface area contributed by atoms with E-state index in [1.54, 1.807) is 12.3 Å². The fourth-order valence-electron chi connectivity index (χ4n) is 4.36. The van der Waals surface area contributed by atoms with Gasteiger partial charge in [-0.2, -0.15) is 10.2 Å². The summed E-state index contributed by atoms with van der Waals surface area (Å²) >= 11 is 0. The second-order valence-electron chi connectivity index (χ2n) is 8.81. The molecule has 4 rings (SSSR count). The lowest BCUT2D eigenvalue weighted by atomic mass is 10.0. The van der Waals surface area contributed by atoms with Crippen molar-refractivity contribution < 1.29 is 10.2 Å². The average Bonchev–Trinajstić information content (AvgIpc) is 3.33. The van der Waals surface area contributed by atoms with Crippen LogP contribution in [0, 0.1) is 11.3 Å². The first-order chi connectivity index (χ1) is 16.0. The highest BCUT2D eigenvalue weighted by Crippen LogP contribution is 2.37. The third-order valence-corrected chi connectivity index (χ3v) is 6.10. The van der Waals surface area contributed by atoms with Crippen LogP contribution >= 0.6 is 0 Å². The summed E-state index contributed by atoms with van der Waals surface area (Å²) in [6.07, 6.45) is 5.68. The molecule has 1 aromatic heterocycles. The number of rotatable bonds is 8. The van der Waals surface area contributed by atoms with Crippen molar-refractivity contribution in [3.8, 4) is 6.07 Å². The normalized spacial score (nSPS) is 19.2. The van der Waals surface area contributed by atoms with Crippen molar-refractivity contribution in [2.24, 2.45) is 0 Å². The predicted octanol–water partition coefficient (Wildman–Crippen LogP) is 2.35. The van der Waals surface area contributed by atoms with Crippen molar-refractivity contribution in [3.05, 3.63) is 47.2 Å². The van der Waals surface area contributed by atoms with Crippen LogP contribution < -0.4 is 15.5 Å². The quantitative estimate of drug-likeness (QED) is 0.450. The van der Waals surface area contributed by atoms with Crippen LogP contribution in [0.3, 0.4) is 0 Å². The van der Waals surface area contributed by atoms with Gasteiger partial charge in [0, 0.05) is 36.6 Å². The van der Waals surface area contributed by atoms with Gasteiger partial charge in [-0.25, -0.2) is 4.98 Å². The van der Waals surface area contributed by atoms with Crippen LogP contribution in [0.25, 0.3) is 6.08 Å². The van der Waals surface area contributed by atoms with Crippen molar-refractivity contribution in [3.63, 3.8) is 0 Å². The summed E-state index contributed by atoms with van der Waals surface area (Å²) in [4.78, 5) is 13.0. The Hall–Kier alpha value is -3.03. The predicted molar refractivity (Wildman–Crippen MR) is 128 cm³/mol. The van der Waals surface area contributed by atoms with E-state index in [1.165, 1.54) is 0 Å². The fourth-order valence-corrected chi connectivity index (χ4v) is 4.36. The van der Waals surface area contributed by atoms with Gasteiger partial charge in [0.05, 0.1) is 11.6 Å². The van der Waals surface area contributed by atoms with Crippen LogP contribution in [0.15, 0.2) is 36.0 Å². The molecular weight excluding hydrogens is 418 g/mol. The number of fused-ring (bicyclic) bond motifs is 1. The third kappa shape index (κ3) is 5.31. The van der Waals surface area contributed by atoms with Gasteiger partial charge < -0.3 is 25.3 Å². The first-order valence-corrected chi connectivity index (χ1v) is 11.3. The minimum Gasteiger partial charge on any atom is -0.374 e. The minimum atomic E-state index is -1.000. The minimum absolute atomic E-state index is 0.144. The van der Waals surface area contributed by atoms with E-state index in [4.69, 9.17) is 4.98 Å². The van der Waals surface area contributed by atoms with Crippen molar-refractivity contribution >= 4 is 23.5 Å². The van der Waals surface area contributed by atoms with E-state index in [-0.39, 0.29) is 6.04 Å². The molecule has 0 radical (unpaired) electrons. The van der Waals surface area contributed by atoms with Crippen LogP contribution in [-0.2, 0) is 0 Å². The maximum absolute atomic E-state index is 10.8. The second-order valence-corrected chi connectivity index (χ2v) is 8.81. The number of nitriles is 1. The first kappa shape index (κ1) is 23.1. The number of nitrogens with one attached hydrogen (secondary N) is 2. The number of aromatic nitrogens is 2. The Bertz CT molecular complexity index is 1040. The molecule has 1 saturated carbocycles. The molecule has 2 aliphatic rings. The van der Waals surface area contributed by atoms with Crippen LogP contribution in [0.4, 0.5) is 17.5 Å². The van der Waals surface area contributed by atoms with Crippen LogP contribution in [0.2, 0.25) is 0 Å². The maximum Gasteiger partial charge on any atom is 0.229 e. The number of benzene rings is 1. The Morgan fingerprint density at radius 2 is 2.09 bits per heavy atom. The molecule has 0 saturated heterocycles. The second kappa shape index (κ2) is 10.3. The van der Waals surface area contributed by atoms with Gasteiger partial charge in [-0.3, -0.25) is 5.32 Å². The molecular formula is C24H31N7O2. The first-order valence-electron chi connectivity index (χ1n) is 11.3. The number of hydrogen-bond acceptors (Lipinski definition) is 9. The zero-order chi connectivity index (χ0) is 23.4. The van der Waals surface area contributed by atoms with E-state index in [0.29, 0.717) is 23.9 Å². The van der Waals surface area contributed by atoms with Crippen molar-refractivity contribution in [1.29, 1.82) is 5.26 Å². The molecule has 0 bridgehead atoms. The van der Waals surface area contributed by atoms with E-state index >= 15 is 0 Å². The maximum atomic E-state index is 10.8. The van der Waals surface area contributed by atoms with Crippen LogP contribution in [0.5, 0.6) is 0 Å². The zero-order valence-electron chi connectivity index (χ0n) is 19.1. The number of anilines is 3. The number of likely N-dealkylation sites (N-methyl/N-ethyl adjacent to an activating group) is 1. The zero-order valence-corrected chi connectivity index (χ0v) is 19.1. The van der Waals surface area contributed by atoms with Gasteiger partial charge in [-0.15, -0.1) is 0 Å². The molecule has 2 aromatic rings. The lowest BCUT2D eigenvalue weighted by molar-refractivity contribution is 0.136. The fraction of sp³-hybridized carbons (Fsp3) is 0.458. The molecule has 1 aromatic carbocycles. The number of nitrogens with zero attached hydrogens (tertiary/aromatic N) is 5. The smallest absolute Gasteiger partial charge is 0.229 e. The summed E-state index contributed by atoms with van der Waals surface area (Å²) in [7, 11) is 3.97. The number of aliphatic hydroxyl groups excluding tert-OH is 2. The van der Waals surface area contributed by atoms with Gasteiger partial charge in [0.2, 0.25) is 5.95 Å². The summed E-state index contributed by atoms with van der Waals surface area (Å²) < 4.78 is 0. The molecule has 33 heavy (non-hydrogen) atoms. The molecule has 2 unspecified atom stereocenters. The molecule has 1 aliphatic carbocycles. The number of hydrogen-bond donors (Lipinski definition) is 4. The van der Waals surface area contributed by atoms with Gasteiger partial charge in [0.25, 0.3) is 0 Å². The monoisotopic (exact) mass is 449 g/mol. The molecule has 1 fully saturated rings. The van der Waals surface area contributed by atoms with Crippen LogP contribution in [0.1, 0.15) is 43.0 Å². The highest BCUT2D eigenvalue weighted by atomic mass is 16.3. The highest BCUT2D eigenvalue weighted by Gasteiger charge is 2.35. The lowest BCUT2D eigenvalue weighted by Gasteiger charge is -2.37. The van der Waals surface area contributed by atoms with Gasteiger partial charge in [-0.05, 0) is 50.7 Å². The molecule has 2 heterocycles. The van der Waals surface area contributed by atoms with Gasteiger partial charge in [0.15, 0.2) is 6.23 Å². The largest absolute Gasteiger partial charge is 0.374 e. The standard InChI is InChI=1S/C24H31N7O2/c1-30(2)11-10-26-22(32)16-6-5-7-19(13-16)28-24-27-15-18-12-17(14-25)23(33)31(21(18)29-24)20-8-3-4-9-20/h5-7,12-13,15,20,22-23,26,32-33H,3-4,8-11H2,1-2H3,(H,27,28,29). The van der Waals surface area contributed by atoms with E-state index < -0.39 is 12.5 Å². The summed E-state index contributed by atoms with van der Waals surface area (Å²) in [5.74, 6) is 1.03. The van der Waals surface area contributed by atoms with Gasteiger partial charge in [0.1, 0.15) is 12.0 Å². The van der Waals surface area contributed by atoms with Crippen molar-refractivity contribution in [1.82, 2.24) is 20.2 Å². The Morgan fingerprint density at radius 3 is 2.82 bits per heavy atom. The average molecular weight is 450 g/mol. The van der Waals surface area contributed by atoms with E-state index in [0.717, 1.165) is 49.0 Å². The molecule has 1 aliphatic heterocycles. The molecule has 9 nitrogen and oxygen atoms in total. The molecule has 0 amide bonds. The summed E-state index contributed by atoms with van der Waals surface area (Å²) in [5.41, 5.74) is 2.52. The Kier molecular flexibility index (Phi) is 7.20. The molecule has 0 spiro atoms. The van der Waals surface area contributed by atoms with Gasteiger partial charge >= 0.3 is 0 Å². The third-order valence-electron chi connectivity index (χ3n) is 6.10. The Balaban J connectivity index is 1.55. The lowest BCUT2D eigenvalue weighted by Crippen LogP contribution is -2.45. The van der Waals surface area contributed by atoms with Crippen molar-refractivity contribution in [2.45, 2.75) is 44.2 Å². The summed E-state index contributed by atoms with van der Waals surface area (Å²) in [5, 5.41) is 37.1. The van der Waals surface area contributed by atoms with E-state index in [9.17, 15) is 15.5 Å². The van der Waals surface area contributed by atoms with E-state index in [2.05, 4.69) is 21.7 Å². The van der Waals surface area contributed by atoms with Gasteiger partial charge in [-0.1, -0.05) is 25.0 Å². The Morgan fingerprint density at radius 1 is 1.30 bits per heavy atom. The van der Waals surface area contributed by atoms with Crippen LogP contribution in [-0.4, -0.2) is 64.5 Å². The van der Waals surface area contributed by atoms with Crippen molar-refractivity contribution in [2.75, 3.05) is 37.4 Å². The molecule has 174 valence electrons. The SMILES string of the molecule is CN(C)CCNC(O)c1cccc(Nc2ncc3c(n2)N(C2CCCC2)C(O)C(C#N)=C3)c1. The molecule has 2 atom stereocenters. The summed E-state index contributed by atoms with van der Waals surface area (Å²) in [6.45, 7) is 1.49. The Labute approximate surface area is 194 Å². The highest BCUT2D eigenvalue weighted by molar-refractivity contribution is 5.74. The topological polar surface area (TPSA) is 121 Å². The molecule has 4 N–H and O–H groups in total. The van der Waals surface area contributed by atoms with E-state index in [1.807, 2.05) is 48.2 Å². The molecule has 9 heteroatoms. The summed E-state index contributed by atoms with van der Waals surface area (Å²) in [6, 6.07) is 9.71.